The van der Waals surface area contributed by atoms with E-state index in [1.165, 1.54) is 89.9 Å². The number of anilines is 1. The van der Waals surface area contributed by atoms with Gasteiger partial charge in [-0.1, -0.05) is 84.0 Å². The average molecular weight is 430 g/mol. The molecule has 1 aromatic rings. The number of ether oxygens (including phenoxy) is 1. The van der Waals surface area contributed by atoms with Crippen LogP contribution in [-0.4, -0.2) is 53.7 Å². The number of aromatic carboxylic acids is 1. The van der Waals surface area contributed by atoms with Crippen LogP contribution in [0.5, 0.6) is 5.75 Å². The zero-order valence-corrected chi connectivity index (χ0v) is 18.3. The average Bonchev–Trinajstić information content (AvgIpc) is 2.71. The maximum absolute atomic E-state index is 12.1. The van der Waals surface area contributed by atoms with Crippen molar-refractivity contribution in [3.05, 3.63) is 23.8 Å². The molecule has 0 fully saturated rings. The third-order valence-electron chi connectivity index (χ3n) is 5.23. The number of methoxy groups -OCH3 is 1. The molecule has 0 atom stereocenters. The van der Waals surface area contributed by atoms with E-state index in [9.17, 15) is 9.59 Å². The summed E-state index contributed by atoms with van der Waals surface area (Å²) < 4.78 is 5.20. The fourth-order valence-electron chi connectivity index (χ4n) is 3.45. The van der Waals surface area contributed by atoms with E-state index < -0.39 is 5.97 Å². The van der Waals surface area contributed by atoms with Crippen LogP contribution in [0.25, 0.3) is 0 Å². The minimum atomic E-state index is -1.03. The summed E-state index contributed by atoms with van der Waals surface area (Å²) in [5.41, 5.74) is 0.536. The number of hydrogen-bond donors (Lipinski definition) is 2. The summed E-state index contributed by atoms with van der Waals surface area (Å²) in [6.45, 7) is 2.25. The van der Waals surface area contributed by atoms with Gasteiger partial charge in [-0.3, -0.25) is 4.79 Å². The summed E-state index contributed by atoms with van der Waals surface area (Å²) in [6, 6.07) is 4.45. The molecule has 1 rings (SSSR count). The Labute approximate surface area is 204 Å². The van der Waals surface area contributed by atoms with E-state index in [0.29, 0.717) is 17.9 Å². The second kappa shape index (κ2) is 18.7. The molecule has 0 aliphatic rings. The molecule has 5 nitrogen and oxygen atoms in total. The Morgan fingerprint density at radius 2 is 1.37 bits per heavy atom. The van der Waals surface area contributed by atoms with Gasteiger partial charge in [-0.15, -0.1) is 0 Å². The van der Waals surface area contributed by atoms with Crippen LogP contribution in [-0.2, 0) is 4.79 Å². The summed E-state index contributed by atoms with van der Waals surface area (Å²) in [6.07, 6.45) is 17.0. The second-order valence-corrected chi connectivity index (χ2v) is 7.76. The second-order valence-electron chi connectivity index (χ2n) is 7.76. The van der Waals surface area contributed by atoms with Crippen LogP contribution in [0, 0.1) is 0 Å². The first-order valence-electron chi connectivity index (χ1n) is 11.3. The molecular formula is C24H40NNaO4. The van der Waals surface area contributed by atoms with Crippen LogP contribution < -0.4 is 10.1 Å². The standard InChI is InChI=1S/C24H39NO4.Na.H/c1-3-4-5-6-7-8-9-10-11-12-13-14-15-16-23(26)25-21-19-20(24(27)28)17-18-22(21)29-2;;/h17-19H,3-16H2,1-2H3,(H,25,26)(H,27,28);;. The van der Waals surface area contributed by atoms with Gasteiger partial charge in [0.05, 0.1) is 18.4 Å². The Hall–Kier alpha value is -1.04. The normalized spacial score (nSPS) is 10.3. The van der Waals surface area contributed by atoms with Crippen molar-refractivity contribution in [1.29, 1.82) is 0 Å². The van der Waals surface area contributed by atoms with E-state index in [4.69, 9.17) is 9.84 Å². The summed E-state index contributed by atoms with van der Waals surface area (Å²) in [5.74, 6) is -0.665. The Morgan fingerprint density at radius 3 is 1.83 bits per heavy atom. The number of hydrogen-bond acceptors (Lipinski definition) is 3. The van der Waals surface area contributed by atoms with Crippen molar-refractivity contribution in [2.24, 2.45) is 0 Å². The predicted octanol–water partition coefficient (Wildman–Crippen LogP) is 6.16. The van der Waals surface area contributed by atoms with Gasteiger partial charge in [0.25, 0.3) is 0 Å². The molecule has 0 aliphatic heterocycles. The number of carboxylic acid groups (broad SMARTS) is 1. The molecule has 0 saturated carbocycles. The number of benzene rings is 1. The van der Waals surface area contributed by atoms with E-state index in [1.807, 2.05) is 0 Å². The molecule has 0 bridgehead atoms. The number of amides is 1. The fraction of sp³-hybridized carbons (Fsp3) is 0.667. The molecule has 30 heavy (non-hydrogen) atoms. The van der Waals surface area contributed by atoms with Crippen LogP contribution in [0.1, 0.15) is 107 Å². The third-order valence-corrected chi connectivity index (χ3v) is 5.23. The minimum absolute atomic E-state index is 0. The summed E-state index contributed by atoms with van der Waals surface area (Å²) in [5, 5.41) is 11.9. The van der Waals surface area contributed by atoms with Crippen molar-refractivity contribution < 1.29 is 19.4 Å². The van der Waals surface area contributed by atoms with Gasteiger partial charge in [0, 0.05) is 6.42 Å². The first kappa shape index (κ1) is 29.0. The van der Waals surface area contributed by atoms with Crippen molar-refractivity contribution in [2.75, 3.05) is 12.4 Å². The number of carboxylic acids is 1. The van der Waals surface area contributed by atoms with Crippen LogP contribution >= 0.6 is 0 Å². The number of carbonyl (C=O) groups is 2. The molecule has 0 aromatic heterocycles. The van der Waals surface area contributed by atoms with Gasteiger partial charge in [0.15, 0.2) is 0 Å². The number of nitrogens with one attached hydrogen (secondary N) is 1. The van der Waals surface area contributed by atoms with Crippen LogP contribution in [0.4, 0.5) is 5.69 Å². The van der Waals surface area contributed by atoms with Crippen molar-refractivity contribution in [3.63, 3.8) is 0 Å². The molecule has 6 heteroatoms. The Bertz CT molecular complexity index is 607. The molecule has 1 aromatic carbocycles. The Balaban J connectivity index is 0.00000841. The zero-order chi connectivity index (χ0) is 21.3. The summed E-state index contributed by atoms with van der Waals surface area (Å²) >= 11 is 0. The zero-order valence-electron chi connectivity index (χ0n) is 18.3. The van der Waals surface area contributed by atoms with Crippen LogP contribution in [0.15, 0.2) is 18.2 Å². The molecule has 0 aliphatic carbocycles. The molecule has 166 valence electrons. The van der Waals surface area contributed by atoms with Crippen LogP contribution in [0.3, 0.4) is 0 Å². The Kier molecular flexibility index (Phi) is 18.1. The van der Waals surface area contributed by atoms with Gasteiger partial charge in [0.1, 0.15) is 5.75 Å². The molecule has 0 heterocycles. The van der Waals surface area contributed by atoms with Crippen molar-refractivity contribution >= 4 is 47.1 Å². The molecule has 0 saturated heterocycles. The van der Waals surface area contributed by atoms with E-state index in [0.717, 1.165) is 12.8 Å². The van der Waals surface area contributed by atoms with Gasteiger partial charge in [-0.25, -0.2) is 4.79 Å². The van der Waals surface area contributed by atoms with Gasteiger partial charge in [-0.05, 0) is 24.6 Å². The molecular weight excluding hydrogens is 389 g/mol. The van der Waals surface area contributed by atoms with E-state index >= 15 is 0 Å². The van der Waals surface area contributed by atoms with Crippen molar-refractivity contribution in [2.45, 2.75) is 96.8 Å². The molecule has 2 N–H and O–H groups in total. The predicted molar refractivity (Wildman–Crippen MR) is 126 cm³/mol. The van der Waals surface area contributed by atoms with Gasteiger partial charge >= 0.3 is 35.5 Å². The third kappa shape index (κ3) is 13.3. The molecule has 0 unspecified atom stereocenters. The van der Waals surface area contributed by atoms with Crippen molar-refractivity contribution in [1.82, 2.24) is 0 Å². The topological polar surface area (TPSA) is 75.6 Å². The SMILES string of the molecule is CCCCCCCCCCCCCCCC(=O)Nc1cc(C(=O)O)ccc1OC.[NaH]. The number of carbonyl (C=O) groups excluding carboxylic acids is 1. The molecule has 0 spiro atoms. The fourth-order valence-corrected chi connectivity index (χ4v) is 3.45. The van der Waals surface area contributed by atoms with Gasteiger partial charge < -0.3 is 15.2 Å². The Morgan fingerprint density at radius 1 is 0.867 bits per heavy atom. The molecule has 0 radical (unpaired) electrons. The maximum atomic E-state index is 12.1. The monoisotopic (exact) mass is 429 g/mol. The van der Waals surface area contributed by atoms with E-state index in [1.54, 1.807) is 6.07 Å². The van der Waals surface area contributed by atoms with E-state index in [-0.39, 0.29) is 41.0 Å². The number of rotatable bonds is 17. The van der Waals surface area contributed by atoms with Crippen molar-refractivity contribution in [3.8, 4) is 5.75 Å². The first-order valence-corrected chi connectivity index (χ1v) is 11.3. The number of unbranched alkanes of at least 4 members (excludes halogenated alkanes) is 12. The first-order chi connectivity index (χ1) is 14.1. The van der Waals surface area contributed by atoms with Gasteiger partial charge in [-0.2, -0.15) is 0 Å². The summed E-state index contributed by atoms with van der Waals surface area (Å²) in [4.78, 5) is 23.2. The van der Waals surface area contributed by atoms with Crippen LogP contribution in [0.2, 0.25) is 0 Å². The van der Waals surface area contributed by atoms with E-state index in [2.05, 4.69) is 12.2 Å². The van der Waals surface area contributed by atoms with Gasteiger partial charge in [0.2, 0.25) is 5.91 Å². The molecule has 1 amide bonds. The summed E-state index contributed by atoms with van der Waals surface area (Å²) in [7, 11) is 1.50. The quantitative estimate of drug-likeness (QED) is 0.229.